The number of ether oxygens (including phenoxy) is 1. The Morgan fingerprint density at radius 2 is 2.17 bits per heavy atom. The van der Waals surface area contributed by atoms with Crippen molar-refractivity contribution < 1.29 is 14.3 Å². The molecule has 0 saturated heterocycles. The van der Waals surface area contributed by atoms with Crippen molar-refractivity contribution in [3.8, 4) is 0 Å². The zero-order valence-electron chi connectivity index (χ0n) is 10.4. The predicted octanol–water partition coefficient (Wildman–Crippen LogP) is 0.298. The van der Waals surface area contributed by atoms with Crippen LogP contribution in [-0.4, -0.2) is 28.0 Å². The number of unbranched alkanes of at least 4 members (excludes halogenated alkanes) is 1. The molecule has 0 aliphatic carbocycles. The molecule has 0 fully saturated rings. The smallest absolute Gasteiger partial charge is 0.360 e. The number of nitrogen functional groups attached to an aromatic ring is 1. The molecule has 1 heterocycles. The van der Waals surface area contributed by atoms with Gasteiger partial charge in [-0.1, -0.05) is 0 Å². The number of carbonyl (C=O) groups excluding carboxylic acids is 2. The average Bonchev–Trinajstić information content (AvgIpc) is 2.66. The fraction of sp³-hybridized carbons (Fsp3) is 0.545. The highest BCUT2D eigenvalue weighted by Gasteiger charge is 2.16. The molecule has 0 aliphatic rings. The monoisotopic (exact) mass is 254 g/mol. The standard InChI is InChI=1S/C11H18N4O3/c1-2-18-11(17)9-10(13)15(7-14-9)6-4-3-5-8(12)16/h7H,2-6,13H2,1H3,(H2,12,16). The summed E-state index contributed by atoms with van der Waals surface area (Å²) in [5, 5.41) is 0. The highest BCUT2D eigenvalue weighted by molar-refractivity contribution is 5.92. The van der Waals surface area contributed by atoms with Gasteiger partial charge in [0.25, 0.3) is 0 Å². The summed E-state index contributed by atoms with van der Waals surface area (Å²) in [6.07, 6.45) is 3.26. The number of rotatable bonds is 7. The Morgan fingerprint density at radius 1 is 1.44 bits per heavy atom. The van der Waals surface area contributed by atoms with Gasteiger partial charge in [-0.05, 0) is 19.8 Å². The molecule has 4 N–H and O–H groups in total. The molecule has 0 radical (unpaired) electrons. The summed E-state index contributed by atoms with van der Waals surface area (Å²) < 4.78 is 6.48. The highest BCUT2D eigenvalue weighted by Crippen LogP contribution is 2.12. The zero-order chi connectivity index (χ0) is 13.5. The number of nitrogens with two attached hydrogens (primary N) is 2. The molecule has 7 nitrogen and oxygen atoms in total. The van der Waals surface area contributed by atoms with Crippen molar-refractivity contribution in [1.29, 1.82) is 0 Å². The van der Waals surface area contributed by atoms with Crippen LogP contribution < -0.4 is 11.5 Å². The first-order valence-corrected chi connectivity index (χ1v) is 5.82. The molecule has 0 bridgehead atoms. The zero-order valence-corrected chi connectivity index (χ0v) is 10.4. The number of amides is 1. The normalized spacial score (nSPS) is 10.3. The van der Waals surface area contributed by atoms with Gasteiger partial charge >= 0.3 is 5.97 Å². The molecule has 0 saturated carbocycles. The topological polar surface area (TPSA) is 113 Å². The third-order valence-electron chi connectivity index (χ3n) is 2.42. The number of nitrogens with zero attached hydrogens (tertiary/aromatic N) is 2. The van der Waals surface area contributed by atoms with Crippen molar-refractivity contribution in [1.82, 2.24) is 9.55 Å². The molecule has 1 amide bonds. The van der Waals surface area contributed by atoms with Gasteiger partial charge in [-0.15, -0.1) is 0 Å². The molecule has 0 aliphatic heterocycles. The summed E-state index contributed by atoms with van der Waals surface area (Å²) in [7, 11) is 0. The summed E-state index contributed by atoms with van der Waals surface area (Å²) in [6, 6.07) is 0. The Bertz CT molecular complexity index is 428. The number of primary amides is 1. The molecular weight excluding hydrogens is 236 g/mol. The van der Waals surface area contributed by atoms with Crippen molar-refractivity contribution >= 4 is 17.7 Å². The van der Waals surface area contributed by atoms with E-state index in [0.717, 1.165) is 6.42 Å². The van der Waals surface area contributed by atoms with E-state index < -0.39 is 5.97 Å². The minimum absolute atomic E-state index is 0.131. The van der Waals surface area contributed by atoms with E-state index in [-0.39, 0.29) is 24.0 Å². The van der Waals surface area contributed by atoms with E-state index in [1.165, 1.54) is 6.33 Å². The first-order valence-electron chi connectivity index (χ1n) is 5.82. The molecule has 1 aromatic heterocycles. The molecular formula is C11H18N4O3. The Morgan fingerprint density at radius 3 is 2.78 bits per heavy atom. The summed E-state index contributed by atoms with van der Waals surface area (Å²) in [6.45, 7) is 2.59. The average molecular weight is 254 g/mol. The second kappa shape index (κ2) is 6.63. The van der Waals surface area contributed by atoms with Gasteiger partial charge in [0.1, 0.15) is 5.82 Å². The van der Waals surface area contributed by atoms with Crippen molar-refractivity contribution in [3.05, 3.63) is 12.0 Å². The lowest BCUT2D eigenvalue weighted by Gasteiger charge is -2.05. The van der Waals surface area contributed by atoms with Crippen LogP contribution >= 0.6 is 0 Å². The van der Waals surface area contributed by atoms with Gasteiger partial charge in [-0.25, -0.2) is 9.78 Å². The molecule has 7 heteroatoms. The van der Waals surface area contributed by atoms with Crippen LogP contribution in [0.1, 0.15) is 36.7 Å². The predicted molar refractivity (Wildman–Crippen MR) is 65.6 cm³/mol. The number of carbonyl (C=O) groups is 2. The number of hydrogen-bond donors (Lipinski definition) is 2. The van der Waals surface area contributed by atoms with Gasteiger partial charge in [-0.3, -0.25) is 4.79 Å². The van der Waals surface area contributed by atoms with Crippen LogP contribution in [0.5, 0.6) is 0 Å². The van der Waals surface area contributed by atoms with Crippen molar-refractivity contribution in [3.63, 3.8) is 0 Å². The van der Waals surface area contributed by atoms with Crippen LogP contribution in [0.15, 0.2) is 6.33 Å². The molecule has 100 valence electrons. The van der Waals surface area contributed by atoms with E-state index in [1.54, 1.807) is 11.5 Å². The number of aryl methyl sites for hydroxylation is 1. The van der Waals surface area contributed by atoms with E-state index in [2.05, 4.69) is 4.98 Å². The lowest BCUT2D eigenvalue weighted by atomic mass is 10.2. The Balaban J connectivity index is 2.52. The Kier molecular flexibility index (Phi) is 5.16. The van der Waals surface area contributed by atoms with Crippen molar-refractivity contribution in [2.24, 2.45) is 5.73 Å². The van der Waals surface area contributed by atoms with Gasteiger partial charge in [0, 0.05) is 13.0 Å². The number of esters is 1. The molecule has 1 aromatic rings. The van der Waals surface area contributed by atoms with Crippen molar-refractivity contribution in [2.45, 2.75) is 32.7 Å². The van der Waals surface area contributed by atoms with E-state index in [0.29, 0.717) is 19.4 Å². The van der Waals surface area contributed by atoms with E-state index in [9.17, 15) is 9.59 Å². The van der Waals surface area contributed by atoms with Gasteiger partial charge in [-0.2, -0.15) is 0 Å². The molecule has 0 atom stereocenters. The maximum Gasteiger partial charge on any atom is 0.360 e. The van der Waals surface area contributed by atoms with Crippen LogP contribution in [0, 0.1) is 0 Å². The highest BCUT2D eigenvalue weighted by atomic mass is 16.5. The van der Waals surface area contributed by atoms with E-state index >= 15 is 0 Å². The summed E-state index contributed by atoms with van der Waals surface area (Å²) in [5.74, 6) is -0.556. The lowest BCUT2D eigenvalue weighted by Crippen LogP contribution is -2.11. The fourth-order valence-electron chi connectivity index (χ4n) is 1.51. The molecule has 0 aromatic carbocycles. The second-order valence-corrected chi connectivity index (χ2v) is 3.82. The van der Waals surface area contributed by atoms with Crippen LogP contribution in [0.2, 0.25) is 0 Å². The second-order valence-electron chi connectivity index (χ2n) is 3.82. The quantitative estimate of drug-likeness (QED) is 0.536. The van der Waals surface area contributed by atoms with Gasteiger partial charge < -0.3 is 20.8 Å². The van der Waals surface area contributed by atoms with Gasteiger partial charge in [0.05, 0.1) is 12.9 Å². The van der Waals surface area contributed by atoms with Crippen molar-refractivity contribution in [2.75, 3.05) is 12.3 Å². The molecule has 1 rings (SSSR count). The van der Waals surface area contributed by atoms with Crippen LogP contribution in [0.25, 0.3) is 0 Å². The summed E-state index contributed by atoms with van der Waals surface area (Å²) in [5.41, 5.74) is 11.0. The van der Waals surface area contributed by atoms with Crippen LogP contribution in [-0.2, 0) is 16.1 Å². The molecule has 0 unspecified atom stereocenters. The lowest BCUT2D eigenvalue weighted by molar-refractivity contribution is -0.118. The molecule has 0 spiro atoms. The fourth-order valence-corrected chi connectivity index (χ4v) is 1.51. The Hall–Kier alpha value is -2.05. The first kappa shape index (κ1) is 14.0. The number of imidazole rings is 1. The van der Waals surface area contributed by atoms with Gasteiger partial charge in [0.15, 0.2) is 5.69 Å². The minimum atomic E-state index is -0.522. The summed E-state index contributed by atoms with van der Waals surface area (Å²) in [4.78, 5) is 25.9. The molecule has 18 heavy (non-hydrogen) atoms. The van der Waals surface area contributed by atoms with Crippen LogP contribution in [0.4, 0.5) is 5.82 Å². The SMILES string of the molecule is CCOC(=O)c1ncn(CCCCC(N)=O)c1N. The summed E-state index contributed by atoms with van der Waals surface area (Å²) >= 11 is 0. The number of aromatic nitrogens is 2. The van der Waals surface area contributed by atoms with E-state index in [4.69, 9.17) is 16.2 Å². The number of hydrogen-bond acceptors (Lipinski definition) is 5. The van der Waals surface area contributed by atoms with Gasteiger partial charge in [0.2, 0.25) is 5.91 Å². The van der Waals surface area contributed by atoms with Crippen LogP contribution in [0.3, 0.4) is 0 Å². The Labute approximate surface area is 105 Å². The third-order valence-corrected chi connectivity index (χ3v) is 2.42. The maximum atomic E-state index is 11.5. The number of anilines is 1. The third kappa shape index (κ3) is 3.76. The largest absolute Gasteiger partial charge is 0.461 e. The maximum absolute atomic E-state index is 11.5. The first-order chi connectivity index (χ1) is 8.56. The van der Waals surface area contributed by atoms with E-state index in [1.807, 2.05) is 0 Å². The minimum Gasteiger partial charge on any atom is -0.461 e.